The van der Waals surface area contributed by atoms with Crippen molar-refractivity contribution in [3.63, 3.8) is 0 Å². The number of benzene rings is 4. The van der Waals surface area contributed by atoms with Crippen molar-refractivity contribution in [2.75, 3.05) is 5.01 Å². The van der Waals surface area contributed by atoms with Gasteiger partial charge in [0.05, 0.1) is 16.3 Å². The molecule has 0 bridgehead atoms. The molecular formula is C29H20Cl2N2O2. The van der Waals surface area contributed by atoms with Crippen molar-refractivity contribution in [1.82, 2.24) is 0 Å². The Kier molecular flexibility index (Phi) is 6.66. The van der Waals surface area contributed by atoms with Gasteiger partial charge in [0.25, 0.3) is 5.91 Å². The first kappa shape index (κ1) is 22.9. The standard InChI is InChI=1S/C29H20Cl2N2O2/c30-23-11-7-8-21(16-23)19-35-27-15-14-20(18-26(27)31)17-25-28(22-9-3-1-4-10-22)32-33(29(25)34)24-12-5-2-6-13-24/h1-18H,19H2/b25-17-. The SMILES string of the molecule is O=C1/C(=C\c2ccc(OCc3cccc(Cl)c3)c(Cl)c2)C(c2ccccc2)=NN1c1ccccc1. The van der Waals surface area contributed by atoms with Crippen LogP contribution in [0, 0.1) is 0 Å². The molecule has 0 unspecified atom stereocenters. The zero-order valence-electron chi connectivity index (χ0n) is 18.6. The Labute approximate surface area is 213 Å². The van der Waals surface area contributed by atoms with Gasteiger partial charge in [0.2, 0.25) is 0 Å². The number of hydrogen-bond acceptors (Lipinski definition) is 3. The van der Waals surface area contributed by atoms with Gasteiger partial charge in [-0.25, -0.2) is 0 Å². The molecule has 4 nitrogen and oxygen atoms in total. The molecule has 0 aromatic heterocycles. The summed E-state index contributed by atoms with van der Waals surface area (Å²) in [6.45, 7) is 0.343. The van der Waals surface area contributed by atoms with E-state index in [1.165, 1.54) is 5.01 Å². The molecule has 6 heteroatoms. The van der Waals surface area contributed by atoms with Crippen LogP contribution in [0.25, 0.3) is 6.08 Å². The normalized spacial score (nSPS) is 14.3. The molecule has 0 aliphatic carbocycles. The Morgan fingerprint density at radius 3 is 2.29 bits per heavy atom. The zero-order chi connectivity index (χ0) is 24.2. The first-order valence-corrected chi connectivity index (χ1v) is 11.8. The summed E-state index contributed by atoms with van der Waals surface area (Å²) in [5.41, 5.74) is 4.38. The lowest BCUT2D eigenvalue weighted by Crippen LogP contribution is -2.21. The van der Waals surface area contributed by atoms with Gasteiger partial charge in [-0.05, 0) is 53.6 Å². The molecule has 0 saturated carbocycles. The second-order valence-electron chi connectivity index (χ2n) is 7.93. The molecule has 1 heterocycles. The Balaban J connectivity index is 1.44. The van der Waals surface area contributed by atoms with Crippen molar-refractivity contribution in [3.05, 3.63) is 135 Å². The summed E-state index contributed by atoms with van der Waals surface area (Å²) >= 11 is 12.6. The van der Waals surface area contributed by atoms with Gasteiger partial charge in [0, 0.05) is 10.6 Å². The Bertz CT molecular complexity index is 1430. The van der Waals surface area contributed by atoms with Gasteiger partial charge in [0.15, 0.2) is 0 Å². The number of hydrazone groups is 1. The molecule has 172 valence electrons. The van der Waals surface area contributed by atoms with Crippen LogP contribution in [0.4, 0.5) is 5.69 Å². The fraction of sp³-hybridized carbons (Fsp3) is 0.0345. The minimum absolute atomic E-state index is 0.201. The average Bonchev–Trinajstić information content (AvgIpc) is 3.20. The molecule has 4 aromatic rings. The predicted molar refractivity (Wildman–Crippen MR) is 142 cm³/mol. The van der Waals surface area contributed by atoms with Gasteiger partial charge in [-0.3, -0.25) is 4.79 Å². The van der Waals surface area contributed by atoms with Gasteiger partial charge in [0.1, 0.15) is 18.1 Å². The van der Waals surface area contributed by atoms with Crippen LogP contribution in [-0.4, -0.2) is 11.6 Å². The van der Waals surface area contributed by atoms with E-state index in [2.05, 4.69) is 5.10 Å². The van der Waals surface area contributed by atoms with E-state index >= 15 is 0 Å². The zero-order valence-corrected chi connectivity index (χ0v) is 20.1. The summed E-state index contributed by atoms with van der Waals surface area (Å²) in [6, 6.07) is 32.0. The van der Waals surface area contributed by atoms with Crippen molar-refractivity contribution < 1.29 is 9.53 Å². The lowest BCUT2D eigenvalue weighted by atomic mass is 10.0. The first-order chi connectivity index (χ1) is 17.1. The van der Waals surface area contributed by atoms with Crippen LogP contribution in [-0.2, 0) is 11.4 Å². The van der Waals surface area contributed by atoms with Crippen LogP contribution >= 0.6 is 23.2 Å². The van der Waals surface area contributed by atoms with E-state index in [1.54, 1.807) is 12.1 Å². The molecule has 1 aliphatic rings. The fourth-order valence-electron chi connectivity index (χ4n) is 3.78. The van der Waals surface area contributed by atoms with E-state index in [0.717, 1.165) is 16.7 Å². The number of halogens is 2. The lowest BCUT2D eigenvalue weighted by Gasteiger charge is -2.11. The number of amides is 1. The number of carbonyl (C=O) groups is 1. The van der Waals surface area contributed by atoms with Crippen molar-refractivity contribution >= 4 is 46.6 Å². The number of carbonyl (C=O) groups excluding carboxylic acids is 1. The van der Waals surface area contributed by atoms with Gasteiger partial charge < -0.3 is 4.74 Å². The Hall–Kier alpha value is -3.86. The first-order valence-electron chi connectivity index (χ1n) is 11.0. The van der Waals surface area contributed by atoms with Gasteiger partial charge in [-0.2, -0.15) is 10.1 Å². The molecule has 1 amide bonds. The molecule has 0 saturated heterocycles. The molecular weight excluding hydrogens is 479 g/mol. The van der Waals surface area contributed by atoms with Crippen LogP contribution in [0.1, 0.15) is 16.7 Å². The number of rotatable bonds is 6. The largest absolute Gasteiger partial charge is 0.487 e. The predicted octanol–water partition coefficient (Wildman–Crippen LogP) is 7.41. The van der Waals surface area contributed by atoms with E-state index in [-0.39, 0.29) is 5.91 Å². The highest BCUT2D eigenvalue weighted by Gasteiger charge is 2.31. The maximum absolute atomic E-state index is 13.4. The maximum atomic E-state index is 13.4. The van der Waals surface area contributed by atoms with Gasteiger partial charge >= 0.3 is 0 Å². The molecule has 0 atom stereocenters. The van der Waals surface area contributed by atoms with Gasteiger partial charge in [-0.15, -0.1) is 0 Å². The van der Waals surface area contributed by atoms with E-state index in [1.807, 2.05) is 97.1 Å². The van der Waals surface area contributed by atoms with Crippen molar-refractivity contribution in [3.8, 4) is 5.75 Å². The van der Waals surface area contributed by atoms with Crippen LogP contribution in [0.15, 0.2) is 114 Å². The highest BCUT2D eigenvalue weighted by atomic mass is 35.5. The second kappa shape index (κ2) is 10.2. The topological polar surface area (TPSA) is 41.9 Å². The Morgan fingerprint density at radius 2 is 1.57 bits per heavy atom. The molecule has 0 fully saturated rings. The van der Waals surface area contributed by atoms with E-state index in [9.17, 15) is 4.79 Å². The van der Waals surface area contributed by atoms with Gasteiger partial charge in [-0.1, -0.05) is 89.9 Å². The summed E-state index contributed by atoms with van der Waals surface area (Å²) in [5, 5.41) is 7.19. The summed E-state index contributed by atoms with van der Waals surface area (Å²) in [4.78, 5) is 13.4. The quantitative estimate of drug-likeness (QED) is 0.259. The molecule has 0 radical (unpaired) electrons. The smallest absolute Gasteiger partial charge is 0.281 e. The molecule has 5 rings (SSSR count). The number of ether oxygens (including phenoxy) is 1. The fourth-order valence-corrected chi connectivity index (χ4v) is 4.23. The third-order valence-electron chi connectivity index (χ3n) is 5.48. The summed E-state index contributed by atoms with van der Waals surface area (Å²) in [5.74, 6) is 0.349. The molecule has 0 spiro atoms. The van der Waals surface area contributed by atoms with Crippen LogP contribution in [0.5, 0.6) is 5.75 Å². The Morgan fingerprint density at radius 1 is 0.829 bits per heavy atom. The third kappa shape index (κ3) is 5.14. The van der Waals surface area contributed by atoms with E-state index < -0.39 is 0 Å². The average molecular weight is 499 g/mol. The highest BCUT2D eigenvalue weighted by molar-refractivity contribution is 6.37. The monoisotopic (exact) mass is 498 g/mol. The number of para-hydroxylation sites is 1. The third-order valence-corrected chi connectivity index (χ3v) is 6.01. The van der Waals surface area contributed by atoms with E-state index in [0.29, 0.717) is 39.4 Å². The summed E-state index contributed by atoms with van der Waals surface area (Å²) in [7, 11) is 0. The summed E-state index contributed by atoms with van der Waals surface area (Å²) < 4.78 is 5.88. The molecule has 4 aromatic carbocycles. The second-order valence-corrected chi connectivity index (χ2v) is 8.78. The molecule has 1 aliphatic heterocycles. The maximum Gasteiger partial charge on any atom is 0.281 e. The van der Waals surface area contributed by atoms with E-state index in [4.69, 9.17) is 27.9 Å². The van der Waals surface area contributed by atoms with Crippen molar-refractivity contribution in [1.29, 1.82) is 0 Å². The molecule has 35 heavy (non-hydrogen) atoms. The van der Waals surface area contributed by atoms with Crippen LogP contribution in [0.2, 0.25) is 10.0 Å². The number of hydrogen-bond donors (Lipinski definition) is 0. The minimum atomic E-state index is -0.201. The van der Waals surface area contributed by atoms with Crippen LogP contribution < -0.4 is 9.75 Å². The highest BCUT2D eigenvalue weighted by Crippen LogP contribution is 2.31. The minimum Gasteiger partial charge on any atom is -0.487 e. The number of nitrogens with zero attached hydrogens (tertiary/aromatic N) is 2. The van der Waals surface area contributed by atoms with Crippen LogP contribution in [0.3, 0.4) is 0 Å². The number of anilines is 1. The summed E-state index contributed by atoms with van der Waals surface area (Å²) in [6.07, 6.45) is 1.81. The van der Waals surface area contributed by atoms with Crippen molar-refractivity contribution in [2.24, 2.45) is 5.10 Å². The molecule has 0 N–H and O–H groups in total. The van der Waals surface area contributed by atoms with Crippen molar-refractivity contribution in [2.45, 2.75) is 6.61 Å². The lowest BCUT2D eigenvalue weighted by molar-refractivity contribution is -0.114.